The lowest BCUT2D eigenvalue weighted by molar-refractivity contribution is 0.828. The lowest BCUT2D eigenvalue weighted by Crippen LogP contribution is -1.96. The highest BCUT2D eigenvalue weighted by Gasteiger charge is 2.10. The molecule has 2 aromatic rings. The Kier molecular flexibility index (Phi) is 1.91. The average Bonchev–Trinajstić information content (AvgIpc) is 2.77. The molecule has 1 N–H and O–H groups in total. The molecule has 0 aliphatic carbocycles. The molecule has 3 nitrogen and oxygen atoms in total. The Morgan fingerprint density at radius 3 is 3.08 bits per heavy atom. The quantitative estimate of drug-likeness (QED) is 0.766. The molecule has 2 aromatic heterocycles. The summed E-state index contributed by atoms with van der Waals surface area (Å²) in [6, 6.07) is 1.98. The predicted molar refractivity (Wildman–Crippen MR) is 48.2 cm³/mol. The van der Waals surface area contributed by atoms with Gasteiger partial charge in [0.2, 0.25) is 0 Å². The molecule has 0 aromatic carbocycles. The van der Waals surface area contributed by atoms with Crippen LogP contribution in [-0.4, -0.2) is 15.2 Å². The van der Waals surface area contributed by atoms with Crippen molar-refractivity contribution in [3.05, 3.63) is 34.5 Å². The minimum absolute atomic E-state index is 0.318. The fourth-order valence-corrected chi connectivity index (χ4v) is 1.75. The highest BCUT2D eigenvalue weighted by molar-refractivity contribution is 7.07. The van der Waals surface area contributed by atoms with E-state index in [1.807, 2.05) is 11.6 Å². The fraction of sp³-hybridized carbons (Fsp3) is 0.250. The van der Waals surface area contributed by atoms with Gasteiger partial charge in [-0.25, -0.2) is 4.98 Å². The SMILES string of the molecule is CC(c1cscn1)c1ccn[nH]1. The van der Waals surface area contributed by atoms with Crippen LogP contribution in [-0.2, 0) is 0 Å². The first-order chi connectivity index (χ1) is 5.88. The summed E-state index contributed by atoms with van der Waals surface area (Å²) in [4.78, 5) is 4.24. The van der Waals surface area contributed by atoms with Gasteiger partial charge in [-0.2, -0.15) is 5.10 Å². The van der Waals surface area contributed by atoms with Crippen LogP contribution in [0.3, 0.4) is 0 Å². The first-order valence-electron chi connectivity index (χ1n) is 3.75. The van der Waals surface area contributed by atoms with Gasteiger partial charge in [0, 0.05) is 23.2 Å². The molecule has 0 radical (unpaired) electrons. The molecule has 2 rings (SSSR count). The highest BCUT2D eigenvalue weighted by Crippen LogP contribution is 2.20. The van der Waals surface area contributed by atoms with Crippen molar-refractivity contribution in [2.24, 2.45) is 0 Å². The molecule has 12 heavy (non-hydrogen) atoms. The second kappa shape index (κ2) is 3.06. The Labute approximate surface area is 74.5 Å². The summed E-state index contributed by atoms with van der Waals surface area (Å²) in [6.45, 7) is 2.11. The molecule has 2 heterocycles. The van der Waals surface area contributed by atoms with Gasteiger partial charge in [-0.05, 0) is 6.07 Å². The van der Waals surface area contributed by atoms with E-state index in [1.165, 1.54) is 0 Å². The second-order valence-electron chi connectivity index (χ2n) is 2.65. The van der Waals surface area contributed by atoms with Crippen molar-refractivity contribution in [3.8, 4) is 0 Å². The maximum atomic E-state index is 4.24. The summed E-state index contributed by atoms with van der Waals surface area (Å²) in [7, 11) is 0. The van der Waals surface area contributed by atoms with E-state index in [0.29, 0.717) is 5.92 Å². The molecule has 0 saturated heterocycles. The van der Waals surface area contributed by atoms with Crippen molar-refractivity contribution in [1.82, 2.24) is 15.2 Å². The molecule has 0 saturated carbocycles. The van der Waals surface area contributed by atoms with E-state index in [4.69, 9.17) is 0 Å². The summed E-state index contributed by atoms with van der Waals surface area (Å²) in [5.41, 5.74) is 4.06. The fourth-order valence-electron chi connectivity index (χ4n) is 1.10. The maximum absolute atomic E-state index is 4.24. The van der Waals surface area contributed by atoms with Crippen LogP contribution in [0.5, 0.6) is 0 Å². The van der Waals surface area contributed by atoms with Gasteiger partial charge in [0.15, 0.2) is 0 Å². The van der Waals surface area contributed by atoms with Crippen molar-refractivity contribution < 1.29 is 0 Å². The van der Waals surface area contributed by atoms with Crippen LogP contribution in [0.25, 0.3) is 0 Å². The summed E-state index contributed by atoms with van der Waals surface area (Å²) in [5, 5.41) is 8.90. The molecule has 0 bridgehead atoms. The van der Waals surface area contributed by atoms with Crippen LogP contribution in [0.4, 0.5) is 0 Å². The zero-order valence-electron chi connectivity index (χ0n) is 6.69. The van der Waals surface area contributed by atoms with E-state index in [-0.39, 0.29) is 0 Å². The number of rotatable bonds is 2. The summed E-state index contributed by atoms with van der Waals surface area (Å²) in [5.74, 6) is 0.318. The number of H-pyrrole nitrogens is 1. The molecule has 1 unspecified atom stereocenters. The Morgan fingerprint density at radius 1 is 1.58 bits per heavy atom. The van der Waals surface area contributed by atoms with Gasteiger partial charge in [0.25, 0.3) is 0 Å². The van der Waals surface area contributed by atoms with Gasteiger partial charge in [-0.15, -0.1) is 11.3 Å². The van der Waals surface area contributed by atoms with Crippen molar-refractivity contribution >= 4 is 11.3 Å². The third-order valence-electron chi connectivity index (χ3n) is 1.88. The van der Waals surface area contributed by atoms with Gasteiger partial charge >= 0.3 is 0 Å². The zero-order chi connectivity index (χ0) is 8.39. The van der Waals surface area contributed by atoms with E-state index in [2.05, 4.69) is 27.5 Å². The molecule has 1 atom stereocenters. The van der Waals surface area contributed by atoms with Crippen LogP contribution in [0.15, 0.2) is 23.2 Å². The molecule has 0 spiro atoms. The van der Waals surface area contributed by atoms with E-state index >= 15 is 0 Å². The van der Waals surface area contributed by atoms with Crippen LogP contribution in [0.1, 0.15) is 24.2 Å². The van der Waals surface area contributed by atoms with Crippen LogP contribution in [0, 0.1) is 0 Å². The van der Waals surface area contributed by atoms with E-state index in [1.54, 1.807) is 17.5 Å². The summed E-state index contributed by atoms with van der Waals surface area (Å²) >= 11 is 1.62. The van der Waals surface area contributed by atoms with E-state index < -0.39 is 0 Å². The number of aromatic nitrogens is 3. The van der Waals surface area contributed by atoms with Gasteiger partial charge in [0.05, 0.1) is 11.2 Å². The topological polar surface area (TPSA) is 41.6 Å². The zero-order valence-corrected chi connectivity index (χ0v) is 7.51. The molecule has 0 amide bonds. The minimum Gasteiger partial charge on any atom is -0.282 e. The van der Waals surface area contributed by atoms with Gasteiger partial charge in [-0.1, -0.05) is 6.92 Å². The van der Waals surface area contributed by atoms with Crippen molar-refractivity contribution in [2.45, 2.75) is 12.8 Å². The molecular weight excluding hydrogens is 170 g/mol. The van der Waals surface area contributed by atoms with E-state index in [0.717, 1.165) is 11.4 Å². The lowest BCUT2D eigenvalue weighted by atomic mass is 10.1. The number of aromatic amines is 1. The number of nitrogens with zero attached hydrogens (tertiary/aromatic N) is 2. The number of thiazole rings is 1. The Balaban J connectivity index is 2.27. The standard InChI is InChI=1S/C8H9N3S/c1-6(7-2-3-10-11-7)8-4-12-5-9-8/h2-6H,1H3,(H,10,11). The first kappa shape index (κ1) is 7.49. The average molecular weight is 179 g/mol. The largest absolute Gasteiger partial charge is 0.282 e. The van der Waals surface area contributed by atoms with E-state index in [9.17, 15) is 0 Å². The monoisotopic (exact) mass is 179 g/mol. The third-order valence-corrected chi connectivity index (χ3v) is 2.49. The predicted octanol–water partition coefficient (Wildman–Crippen LogP) is 2.02. The molecule has 4 heteroatoms. The third kappa shape index (κ3) is 1.25. The second-order valence-corrected chi connectivity index (χ2v) is 3.37. The van der Waals surface area contributed by atoms with Crippen molar-refractivity contribution in [1.29, 1.82) is 0 Å². The summed E-state index contributed by atoms with van der Waals surface area (Å²) in [6.07, 6.45) is 1.76. The Morgan fingerprint density at radius 2 is 2.50 bits per heavy atom. The van der Waals surface area contributed by atoms with Crippen molar-refractivity contribution in [3.63, 3.8) is 0 Å². The van der Waals surface area contributed by atoms with Crippen LogP contribution >= 0.6 is 11.3 Å². The molecule has 62 valence electrons. The first-order valence-corrected chi connectivity index (χ1v) is 4.69. The molecule has 0 aliphatic heterocycles. The molecular formula is C8H9N3S. The van der Waals surface area contributed by atoms with Gasteiger partial charge in [-0.3, -0.25) is 5.10 Å². The molecule has 0 aliphatic rings. The highest BCUT2D eigenvalue weighted by atomic mass is 32.1. The lowest BCUT2D eigenvalue weighted by Gasteiger charge is -2.03. The Bertz CT molecular complexity index is 291. The number of nitrogens with one attached hydrogen (secondary N) is 1. The Hall–Kier alpha value is -1.16. The smallest absolute Gasteiger partial charge is 0.0794 e. The summed E-state index contributed by atoms with van der Waals surface area (Å²) < 4.78 is 0. The maximum Gasteiger partial charge on any atom is 0.0794 e. The molecule has 0 fully saturated rings. The van der Waals surface area contributed by atoms with Gasteiger partial charge < -0.3 is 0 Å². The van der Waals surface area contributed by atoms with Crippen LogP contribution in [0.2, 0.25) is 0 Å². The number of hydrogen-bond acceptors (Lipinski definition) is 3. The normalized spacial score (nSPS) is 13.1. The van der Waals surface area contributed by atoms with Gasteiger partial charge in [0.1, 0.15) is 0 Å². The minimum atomic E-state index is 0.318. The van der Waals surface area contributed by atoms with Crippen LogP contribution < -0.4 is 0 Å². The van der Waals surface area contributed by atoms with Crippen molar-refractivity contribution in [2.75, 3.05) is 0 Å². The number of hydrogen-bond donors (Lipinski definition) is 1.